The molecule has 9 heteroatoms. The van der Waals surface area contributed by atoms with E-state index in [1.165, 1.54) is 16.8 Å². The Kier molecular flexibility index (Phi) is 4.51. The number of ether oxygens (including phenoxy) is 2. The van der Waals surface area contributed by atoms with Crippen LogP contribution < -0.4 is 9.47 Å². The molecule has 1 saturated heterocycles. The summed E-state index contributed by atoms with van der Waals surface area (Å²) in [6.45, 7) is 0.449. The molecule has 3 rings (SSSR count). The van der Waals surface area contributed by atoms with Gasteiger partial charge in [-0.05, 0) is 17.7 Å². The quantitative estimate of drug-likeness (QED) is 0.881. The predicted molar refractivity (Wildman–Crippen MR) is 87.2 cm³/mol. The zero-order valence-electron chi connectivity index (χ0n) is 12.7. The Morgan fingerprint density at radius 2 is 2.09 bits per heavy atom. The van der Waals surface area contributed by atoms with Crippen molar-refractivity contribution in [1.82, 2.24) is 14.3 Å². The van der Waals surface area contributed by atoms with E-state index in [4.69, 9.17) is 9.47 Å². The van der Waals surface area contributed by atoms with E-state index in [1.807, 2.05) is 12.1 Å². The Morgan fingerprint density at radius 1 is 1.30 bits per heavy atom. The van der Waals surface area contributed by atoms with Gasteiger partial charge in [0.2, 0.25) is 0 Å². The second-order valence-corrected chi connectivity index (χ2v) is 7.92. The smallest absolute Gasteiger partial charge is 0.261 e. The highest BCUT2D eigenvalue weighted by molar-refractivity contribution is 8.00. The number of methoxy groups -OCH3 is 2. The summed E-state index contributed by atoms with van der Waals surface area (Å²) < 4.78 is 37.5. The summed E-state index contributed by atoms with van der Waals surface area (Å²) in [5.74, 6) is 1.92. The summed E-state index contributed by atoms with van der Waals surface area (Å²) in [6, 6.07) is 5.46. The summed E-state index contributed by atoms with van der Waals surface area (Å²) in [7, 11) is -0.481. The van der Waals surface area contributed by atoms with Crippen LogP contribution in [0.1, 0.15) is 10.9 Å². The van der Waals surface area contributed by atoms with Crippen LogP contribution in [0.15, 0.2) is 35.7 Å². The highest BCUT2D eigenvalue weighted by atomic mass is 32.2. The molecule has 0 bridgehead atoms. The van der Waals surface area contributed by atoms with Crippen molar-refractivity contribution in [2.45, 2.75) is 10.4 Å². The van der Waals surface area contributed by atoms with E-state index in [9.17, 15) is 8.42 Å². The van der Waals surface area contributed by atoms with Crippen LogP contribution in [0.2, 0.25) is 0 Å². The highest BCUT2D eigenvalue weighted by Crippen LogP contribution is 2.43. The molecule has 23 heavy (non-hydrogen) atoms. The van der Waals surface area contributed by atoms with Crippen LogP contribution in [0.5, 0.6) is 11.5 Å². The number of nitrogens with one attached hydrogen (secondary N) is 1. The van der Waals surface area contributed by atoms with Crippen LogP contribution in [-0.4, -0.2) is 49.2 Å². The van der Waals surface area contributed by atoms with Crippen molar-refractivity contribution in [1.29, 1.82) is 0 Å². The number of thioether (sulfide) groups is 1. The molecule has 1 aliphatic rings. The molecule has 1 fully saturated rings. The van der Waals surface area contributed by atoms with E-state index >= 15 is 0 Å². The van der Waals surface area contributed by atoms with Gasteiger partial charge in [0.25, 0.3) is 10.0 Å². The summed E-state index contributed by atoms with van der Waals surface area (Å²) in [5.41, 5.74) is 0.855. The third kappa shape index (κ3) is 2.91. The molecule has 2 aromatic rings. The van der Waals surface area contributed by atoms with Gasteiger partial charge in [-0.15, -0.1) is 11.8 Å². The molecule has 0 radical (unpaired) electrons. The topological polar surface area (TPSA) is 84.5 Å². The molecule has 0 amide bonds. The number of sulfonamides is 1. The van der Waals surface area contributed by atoms with Crippen molar-refractivity contribution < 1.29 is 17.9 Å². The molecule has 1 aromatic carbocycles. The number of benzene rings is 1. The molecular formula is C14H17N3O4S2. The highest BCUT2D eigenvalue weighted by Gasteiger charge is 2.37. The van der Waals surface area contributed by atoms with Gasteiger partial charge in [0.05, 0.1) is 32.1 Å². The number of hydrogen-bond donors (Lipinski definition) is 1. The van der Waals surface area contributed by atoms with Gasteiger partial charge in [-0.2, -0.15) is 4.31 Å². The van der Waals surface area contributed by atoms with Crippen LogP contribution in [0.3, 0.4) is 0 Å². The zero-order valence-corrected chi connectivity index (χ0v) is 14.4. The molecule has 1 N–H and O–H groups in total. The largest absolute Gasteiger partial charge is 0.493 e. The number of nitrogens with zero attached hydrogens (tertiary/aromatic N) is 2. The minimum atomic E-state index is -3.61. The molecular weight excluding hydrogens is 338 g/mol. The fourth-order valence-corrected chi connectivity index (χ4v) is 5.61. The normalized spacial score (nSPS) is 19.0. The van der Waals surface area contributed by atoms with E-state index in [0.717, 1.165) is 11.3 Å². The summed E-state index contributed by atoms with van der Waals surface area (Å²) in [4.78, 5) is 6.48. The lowest BCUT2D eigenvalue weighted by Gasteiger charge is -2.23. The number of imidazole rings is 1. The molecule has 0 aliphatic carbocycles. The molecule has 1 unspecified atom stereocenters. The van der Waals surface area contributed by atoms with Crippen molar-refractivity contribution in [3.8, 4) is 11.5 Å². The fourth-order valence-electron chi connectivity index (χ4n) is 2.48. The van der Waals surface area contributed by atoms with E-state index < -0.39 is 10.0 Å². The number of hydrogen-bond acceptors (Lipinski definition) is 6. The lowest BCUT2D eigenvalue weighted by molar-refractivity contribution is 0.353. The first-order valence-electron chi connectivity index (χ1n) is 6.91. The Balaban J connectivity index is 1.96. The van der Waals surface area contributed by atoms with Gasteiger partial charge >= 0.3 is 0 Å². The lowest BCUT2D eigenvalue weighted by atomic mass is 10.2. The fraction of sp³-hybridized carbons (Fsp3) is 0.357. The van der Waals surface area contributed by atoms with Gasteiger partial charge < -0.3 is 14.5 Å². The van der Waals surface area contributed by atoms with E-state index in [2.05, 4.69) is 9.97 Å². The predicted octanol–water partition coefficient (Wildman–Crippen LogP) is 1.86. The maximum atomic E-state index is 12.7. The van der Waals surface area contributed by atoms with Crippen LogP contribution in [0, 0.1) is 0 Å². The SMILES string of the molecule is COc1ccc(C2SCCN2S(=O)(=O)c2cnc[nH]2)cc1OC. The van der Waals surface area contributed by atoms with E-state index in [0.29, 0.717) is 18.0 Å². The van der Waals surface area contributed by atoms with Crippen LogP contribution in [-0.2, 0) is 10.0 Å². The maximum absolute atomic E-state index is 12.7. The van der Waals surface area contributed by atoms with Gasteiger partial charge in [0.15, 0.2) is 16.5 Å². The number of H-pyrrole nitrogens is 1. The van der Waals surface area contributed by atoms with Gasteiger partial charge in [-0.1, -0.05) is 6.07 Å². The maximum Gasteiger partial charge on any atom is 0.261 e. The molecule has 1 atom stereocenters. The van der Waals surface area contributed by atoms with E-state index in [-0.39, 0.29) is 10.4 Å². The molecule has 1 aliphatic heterocycles. The van der Waals surface area contributed by atoms with Crippen LogP contribution >= 0.6 is 11.8 Å². The monoisotopic (exact) mass is 355 g/mol. The van der Waals surface area contributed by atoms with Crippen molar-refractivity contribution >= 4 is 21.8 Å². The Hall–Kier alpha value is -1.71. The average Bonchev–Trinajstić information content (AvgIpc) is 3.25. The third-order valence-corrected chi connectivity index (χ3v) is 6.79. The minimum absolute atomic E-state index is 0.102. The lowest BCUT2D eigenvalue weighted by Crippen LogP contribution is -2.30. The first kappa shape index (κ1) is 16.2. The molecule has 0 saturated carbocycles. The first-order valence-corrected chi connectivity index (χ1v) is 9.40. The van der Waals surface area contributed by atoms with Gasteiger partial charge in [0, 0.05) is 12.3 Å². The van der Waals surface area contributed by atoms with Crippen molar-refractivity contribution in [2.75, 3.05) is 26.5 Å². The standard InChI is InChI=1S/C14H17N3O4S2/c1-20-11-4-3-10(7-12(11)21-2)14-17(5-6-22-14)23(18,19)13-8-15-9-16-13/h3-4,7-9,14H,5-6H2,1-2H3,(H,15,16). The Morgan fingerprint density at radius 3 is 2.74 bits per heavy atom. The Bertz CT molecular complexity index is 777. The van der Waals surface area contributed by atoms with Crippen LogP contribution in [0.4, 0.5) is 0 Å². The zero-order chi connectivity index (χ0) is 16.4. The number of aromatic amines is 1. The molecule has 0 spiro atoms. The van der Waals surface area contributed by atoms with Crippen LogP contribution in [0.25, 0.3) is 0 Å². The first-order chi connectivity index (χ1) is 11.1. The second kappa shape index (κ2) is 6.42. The summed E-state index contributed by atoms with van der Waals surface area (Å²) >= 11 is 1.58. The van der Waals surface area contributed by atoms with E-state index in [1.54, 1.807) is 32.0 Å². The Labute approximate surface area is 139 Å². The molecule has 7 nitrogen and oxygen atoms in total. The third-order valence-electron chi connectivity index (χ3n) is 3.60. The van der Waals surface area contributed by atoms with Gasteiger partial charge in [-0.3, -0.25) is 0 Å². The van der Waals surface area contributed by atoms with Crippen molar-refractivity contribution in [3.63, 3.8) is 0 Å². The van der Waals surface area contributed by atoms with Gasteiger partial charge in [-0.25, -0.2) is 13.4 Å². The summed E-state index contributed by atoms with van der Waals surface area (Å²) in [5, 5.41) is -0.200. The summed E-state index contributed by atoms with van der Waals surface area (Å²) in [6.07, 6.45) is 2.69. The average molecular weight is 355 g/mol. The number of aromatic nitrogens is 2. The second-order valence-electron chi connectivity index (χ2n) is 4.87. The minimum Gasteiger partial charge on any atom is -0.493 e. The molecule has 124 valence electrons. The number of rotatable bonds is 5. The van der Waals surface area contributed by atoms with Crippen molar-refractivity contribution in [2.24, 2.45) is 0 Å². The van der Waals surface area contributed by atoms with Crippen molar-refractivity contribution in [3.05, 3.63) is 36.3 Å². The van der Waals surface area contributed by atoms with Gasteiger partial charge in [0.1, 0.15) is 0 Å². The molecule has 1 aromatic heterocycles. The molecule has 2 heterocycles.